The van der Waals surface area contributed by atoms with Gasteiger partial charge in [-0.1, -0.05) is 37.3 Å². The molecule has 0 spiro atoms. The highest BCUT2D eigenvalue weighted by Gasteiger charge is 2.04. The lowest BCUT2D eigenvalue weighted by atomic mass is 10.1. The van der Waals surface area contributed by atoms with E-state index in [1.165, 1.54) is 5.56 Å². The van der Waals surface area contributed by atoms with Crippen LogP contribution in [0.4, 0.5) is 0 Å². The first-order valence-corrected chi connectivity index (χ1v) is 8.42. The first-order chi connectivity index (χ1) is 12.2. The predicted molar refractivity (Wildman–Crippen MR) is 101 cm³/mol. The summed E-state index contributed by atoms with van der Waals surface area (Å²) in [5, 5.41) is 2.89. The minimum absolute atomic E-state index is 0.0972. The van der Waals surface area contributed by atoms with Crippen LogP contribution in [0.25, 0.3) is 6.08 Å². The summed E-state index contributed by atoms with van der Waals surface area (Å²) in [5.74, 6) is 1.30. The molecule has 2 aromatic rings. The average Bonchev–Trinajstić information content (AvgIpc) is 2.66. The Hall–Kier alpha value is -2.75. The van der Waals surface area contributed by atoms with Crippen molar-refractivity contribution in [2.45, 2.75) is 19.8 Å². The smallest absolute Gasteiger partial charge is 0.244 e. The number of benzene rings is 2. The zero-order valence-electron chi connectivity index (χ0n) is 15.0. The van der Waals surface area contributed by atoms with Gasteiger partial charge in [0.2, 0.25) is 5.91 Å². The van der Waals surface area contributed by atoms with Gasteiger partial charge in [0.1, 0.15) is 0 Å². The summed E-state index contributed by atoms with van der Waals surface area (Å²) < 4.78 is 10.5. The Balaban J connectivity index is 1.82. The molecule has 1 N–H and O–H groups in total. The van der Waals surface area contributed by atoms with Crippen molar-refractivity contribution in [1.82, 2.24) is 5.32 Å². The van der Waals surface area contributed by atoms with Gasteiger partial charge in [-0.3, -0.25) is 4.79 Å². The van der Waals surface area contributed by atoms with Gasteiger partial charge in [0, 0.05) is 12.6 Å². The molecule has 0 radical (unpaired) electrons. The Morgan fingerprint density at radius 3 is 2.32 bits per heavy atom. The standard InChI is InChI=1S/C21H25NO3/c1-4-16-5-7-17(8-6-16)10-12-21(23)22-14-13-18-9-11-19(24-2)20(15-18)25-3/h5-12,15H,4,13-14H2,1-3H3,(H,22,23)/b12-10+. The number of hydrogen-bond acceptors (Lipinski definition) is 3. The van der Waals surface area contributed by atoms with Gasteiger partial charge in [0.15, 0.2) is 11.5 Å². The van der Waals surface area contributed by atoms with Crippen molar-refractivity contribution in [2.24, 2.45) is 0 Å². The Labute approximate surface area is 149 Å². The van der Waals surface area contributed by atoms with Gasteiger partial charge < -0.3 is 14.8 Å². The summed E-state index contributed by atoms with van der Waals surface area (Å²) in [4.78, 5) is 11.9. The molecule has 0 aliphatic rings. The molecule has 4 nitrogen and oxygen atoms in total. The maximum absolute atomic E-state index is 11.9. The molecule has 0 saturated heterocycles. The third-order valence-electron chi connectivity index (χ3n) is 3.98. The first-order valence-electron chi connectivity index (χ1n) is 8.42. The van der Waals surface area contributed by atoms with Crippen LogP contribution in [0.5, 0.6) is 11.5 Å². The molecule has 0 bridgehead atoms. The molecule has 0 aliphatic heterocycles. The Morgan fingerprint density at radius 2 is 1.68 bits per heavy atom. The van der Waals surface area contributed by atoms with E-state index in [-0.39, 0.29) is 5.91 Å². The third-order valence-corrected chi connectivity index (χ3v) is 3.98. The lowest BCUT2D eigenvalue weighted by Gasteiger charge is -2.09. The Bertz CT molecular complexity index is 720. The Kier molecular flexibility index (Phi) is 7.08. The highest BCUT2D eigenvalue weighted by atomic mass is 16.5. The number of aryl methyl sites for hydroxylation is 1. The molecular formula is C21H25NO3. The highest BCUT2D eigenvalue weighted by molar-refractivity contribution is 5.91. The van der Waals surface area contributed by atoms with Crippen LogP contribution in [-0.4, -0.2) is 26.7 Å². The summed E-state index contributed by atoms with van der Waals surface area (Å²) in [6.07, 6.45) is 5.13. The lowest BCUT2D eigenvalue weighted by Crippen LogP contribution is -2.23. The van der Waals surface area contributed by atoms with E-state index < -0.39 is 0 Å². The quantitative estimate of drug-likeness (QED) is 0.747. The monoisotopic (exact) mass is 339 g/mol. The maximum atomic E-state index is 11.9. The SMILES string of the molecule is CCc1ccc(/C=C/C(=O)NCCc2ccc(OC)c(OC)c2)cc1. The molecule has 2 aromatic carbocycles. The molecule has 4 heteroatoms. The molecular weight excluding hydrogens is 314 g/mol. The topological polar surface area (TPSA) is 47.6 Å². The van der Waals surface area contributed by atoms with Gasteiger partial charge in [-0.05, 0) is 47.7 Å². The summed E-state index contributed by atoms with van der Waals surface area (Å²) in [6, 6.07) is 14.0. The molecule has 0 atom stereocenters. The third kappa shape index (κ3) is 5.68. The fourth-order valence-corrected chi connectivity index (χ4v) is 2.46. The lowest BCUT2D eigenvalue weighted by molar-refractivity contribution is -0.116. The van der Waals surface area contributed by atoms with Crippen LogP contribution in [0.15, 0.2) is 48.5 Å². The molecule has 25 heavy (non-hydrogen) atoms. The molecule has 0 saturated carbocycles. The van der Waals surface area contributed by atoms with Crippen LogP contribution in [0, 0.1) is 0 Å². The molecule has 1 amide bonds. The van der Waals surface area contributed by atoms with Crippen molar-refractivity contribution in [3.8, 4) is 11.5 Å². The van der Waals surface area contributed by atoms with Crippen LogP contribution in [0.1, 0.15) is 23.6 Å². The van der Waals surface area contributed by atoms with Crippen molar-refractivity contribution in [3.63, 3.8) is 0 Å². The van der Waals surface area contributed by atoms with E-state index in [9.17, 15) is 4.79 Å². The van der Waals surface area contributed by atoms with Crippen LogP contribution in [-0.2, 0) is 17.6 Å². The number of ether oxygens (including phenoxy) is 2. The van der Waals surface area contributed by atoms with Crippen LogP contribution in [0.3, 0.4) is 0 Å². The van der Waals surface area contributed by atoms with Crippen molar-refractivity contribution >= 4 is 12.0 Å². The van der Waals surface area contributed by atoms with Crippen molar-refractivity contribution in [3.05, 3.63) is 65.2 Å². The predicted octanol–water partition coefficient (Wildman–Crippen LogP) is 3.64. The largest absolute Gasteiger partial charge is 0.493 e. The fourth-order valence-electron chi connectivity index (χ4n) is 2.46. The second-order valence-electron chi connectivity index (χ2n) is 5.66. The first kappa shape index (κ1) is 18.6. The van der Waals surface area contributed by atoms with Gasteiger partial charge in [0.05, 0.1) is 14.2 Å². The number of amides is 1. The Morgan fingerprint density at radius 1 is 1.00 bits per heavy atom. The zero-order chi connectivity index (χ0) is 18.1. The second kappa shape index (κ2) is 9.52. The zero-order valence-corrected chi connectivity index (χ0v) is 15.0. The number of rotatable bonds is 8. The molecule has 0 aliphatic carbocycles. The van der Waals surface area contributed by atoms with E-state index in [2.05, 4.69) is 24.4 Å². The summed E-state index contributed by atoms with van der Waals surface area (Å²) in [7, 11) is 3.22. The van der Waals surface area contributed by atoms with Crippen molar-refractivity contribution < 1.29 is 14.3 Å². The molecule has 132 valence electrons. The van der Waals surface area contributed by atoms with Crippen molar-refractivity contribution in [1.29, 1.82) is 0 Å². The number of carbonyl (C=O) groups is 1. The highest BCUT2D eigenvalue weighted by Crippen LogP contribution is 2.27. The number of hydrogen-bond donors (Lipinski definition) is 1. The molecule has 2 rings (SSSR count). The van der Waals surface area contributed by atoms with E-state index in [0.29, 0.717) is 18.0 Å². The van der Waals surface area contributed by atoms with Crippen LogP contribution >= 0.6 is 0 Å². The van der Waals surface area contributed by atoms with Crippen LogP contribution in [0.2, 0.25) is 0 Å². The van der Waals surface area contributed by atoms with Gasteiger partial charge in [-0.2, -0.15) is 0 Å². The molecule has 0 unspecified atom stereocenters. The van der Waals surface area contributed by atoms with Gasteiger partial charge in [0.25, 0.3) is 0 Å². The summed E-state index contributed by atoms with van der Waals surface area (Å²) in [5.41, 5.74) is 3.39. The van der Waals surface area contributed by atoms with Crippen LogP contribution < -0.4 is 14.8 Å². The second-order valence-corrected chi connectivity index (χ2v) is 5.66. The minimum Gasteiger partial charge on any atom is -0.493 e. The van der Waals surface area contributed by atoms with E-state index in [1.54, 1.807) is 20.3 Å². The van der Waals surface area contributed by atoms with E-state index in [0.717, 1.165) is 24.0 Å². The average molecular weight is 339 g/mol. The summed E-state index contributed by atoms with van der Waals surface area (Å²) >= 11 is 0. The van der Waals surface area contributed by atoms with Gasteiger partial charge in [-0.15, -0.1) is 0 Å². The maximum Gasteiger partial charge on any atom is 0.244 e. The number of nitrogens with one attached hydrogen (secondary N) is 1. The normalized spacial score (nSPS) is 10.7. The van der Waals surface area contributed by atoms with Gasteiger partial charge in [-0.25, -0.2) is 0 Å². The van der Waals surface area contributed by atoms with E-state index in [1.807, 2.05) is 36.4 Å². The minimum atomic E-state index is -0.0972. The van der Waals surface area contributed by atoms with Gasteiger partial charge >= 0.3 is 0 Å². The van der Waals surface area contributed by atoms with E-state index >= 15 is 0 Å². The number of carbonyl (C=O) groups excluding carboxylic acids is 1. The molecule has 0 heterocycles. The van der Waals surface area contributed by atoms with Crippen molar-refractivity contribution in [2.75, 3.05) is 20.8 Å². The molecule has 0 fully saturated rings. The number of methoxy groups -OCH3 is 2. The van der Waals surface area contributed by atoms with E-state index in [4.69, 9.17) is 9.47 Å². The summed E-state index contributed by atoms with van der Waals surface area (Å²) in [6.45, 7) is 2.68. The molecule has 0 aromatic heterocycles. The fraction of sp³-hybridized carbons (Fsp3) is 0.286.